The molecule has 24 heavy (non-hydrogen) atoms. The molecular formula is C20H25FN2O. The molecule has 0 heterocycles. The number of halogens is 1. The fourth-order valence-corrected chi connectivity index (χ4v) is 2.64. The van der Waals surface area contributed by atoms with E-state index in [9.17, 15) is 9.18 Å². The first kappa shape index (κ1) is 18.1. The number of aryl methyl sites for hydroxylation is 1. The van der Waals surface area contributed by atoms with Gasteiger partial charge in [-0.05, 0) is 38.4 Å². The van der Waals surface area contributed by atoms with E-state index in [1.807, 2.05) is 37.1 Å². The van der Waals surface area contributed by atoms with Gasteiger partial charge in [0.25, 0.3) is 0 Å². The smallest absolute Gasteiger partial charge is 0.234 e. The zero-order valence-corrected chi connectivity index (χ0v) is 14.3. The molecule has 0 aromatic heterocycles. The lowest BCUT2D eigenvalue weighted by Gasteiger charge is -2.19. The average Bonchev–Trinajstić information content (AvgIpc) is 2.56. The van der Waals surface area contributed by atoms with E-state index in [0.717, 1.165) is 12.8 Å². The van der Waals surface area contributed by atoms with Crippen LogP contribution in [0.15, 0.2) is 54.6 Å². The highest BCUT2D eigenvalue weighted by Gasteiger charge is 2.12. The van der Waals surface area contributed by atoms with E-state index in [-0.39, 0.29) is 24.3 Å². The summed E-state index contributed by atoms with van der Waals surface area (Å²) in [5, 5.41) is 3.01. The molecule has 0 radical (unpaired) electrons. The monoisotopic (exact) mass is 328 g/mol. The first-order chi connectivity index (χ1) is 11.5. The molecule has 0 saturated carbocycles. The minimum absolute atomic E-state index is 0.0330. The molecule has 1 unspecified atom stereocenters. The molecule has 4 heteroatoms. The Kier molecular flexibility index (Phi) is 6.94. The summed E-state index contributed by atoms with van der Waals surface area (Å²) >= 11 is 0. The first-order valence-corrected chi connectivity index (χ1v) is 8.30. The Balaban J connectivity index is 1.72. The zero-order chi connectivity index (χ0) is 17.4. The van der Waals surface area contributed by atoms with E-state index in [2.05, 4.69) is 17.4 Å². The van der Waals surface area contributed by atoms with Crippen LogP contribution < -0.4 is 5.32 Å². The molecule has 1 atom stereocenters. The largest absolute Gasteiger partial charge is 0.353 e. The minimum Gasteiger partial charge on any atom is -0.353 e. The SMILES string of the molecule is CC(CCc1ccccc1)NC(=O)CN(C)Cc1ccccc1F. The molecule has 128 valence electrons. The van der Waals surface area contributed by atoms with Crippen LogP contribution >= 0.6 is 0 Å². The molecule has 0 aliphatic rings. The van der Waals surface area contributed by atoms with Crippen molar-refractivity contribution in [2.24, 2.45) is 0 Å². The van der Waals surface area contributed by atoms with Gasteiger partial charge in [-0.3, -0.25) is 9.69 Å². The number of hydrogen-bond acceptors (Lipinski definition) is 2. The van der Waals surface area contributed by atoms with Crippen LogP contribution in [-0.4, -0.2) is 30.4 Å². The molecule has 0 fully saturated rings. The quantitative estimate of drug-likeness (QED) is 0.805. The lowest BCUT2D eigenvalue weighted by molar-refractivity contribution is -0.122. The summed E-state index contributed by atoms with van der Waals surface area (Å²) in [6.45, 7) is 2.68. The second kappa shape index (κ2) is 9.18. The predicted molar refractivity (Wildman–Crippen MR) is 95.1 cm³/mol. The number of rotatable bonds is 8. The van der Waals surface area contributed by atoms with Crippen LogP contribution in [-0.2, 0) is 17.8 Å². The van der Waals surface area contributed by atoms with Crippen molar-refractivity contribution < 1.29 is 9.18 Å². The Morgan fingerprint density at radius 2 is 1.79 bits per heavy atom. The Labute approximate surface area is 143 Å². The van der Waals surface area contributed by atoms with E-state index in [0.29, 0.717) is 12.1 Å². The van der Waals surface area contributed by atoms with Crippen LogP contribution in [0.1, 0.15) is 24.5 Å². The highest BCUT2D eigenvalue weighted by Crippen LogP contribution is 2.09. The second-order valence-corrected chi connectivity index (χ2v) is 6.26. The molecule has 1 N–H and O–H groups in total. The van der Waals surface area contributed by atoms with Gasteiger partial charge in [0.05, 0.1) is 6.54 Å². The summed E-state index contributed by atoms with van der Waals surface area (Å²) in [5.74, 6) is -0.268. The van der Waals surface area contributed by atoms with Crippen LogP contribution in [0, 0.1) is 5.82 Å². The van der Waals surface area contributed by atoms with E-state index >= 15 is 0 Å². The topological polar surface area (TPSA) is 32.3 Å². The highest BCUT2D eigenvalue weighted by molar-refractivity contribution is 5.78. The molecule has 0 bridgehead atoms. The molecular weight excluding hydrogens is 303 g/mol. The summed E-state index contributed by atoms with van der Waals surface area (Å²) in [6.07, 6.45) is 1.83. The number of nitrogens with one attached hydrogen (secondary N) is 1. The Morgan fingerprint density at radius 1 is 1.12 bits per heavy atom. The van der Waals surface area contributed by atoms with E-state index in [1.54, 1.807) is 18.2 Å². The van der Waals surface area contributed by atoms with Gasteiger partial charge in [0, 0.05) is 18.2 Å². The van der Waals surface area contributed by atoms with Crippen molar-refractivity contribution in [3.8, 4) is 0 Å². The summed E-state index contributed by atoms with van der Waals surface area (Å²) in [4.78, 5) is 13.9. The number of benzene rings is 2. The molecule has 2 aromatic rings. The molecule has 0 saturated heterocycles. The molecule has 0 spiro atoms. The predicted octanol–water partition coefficient (Wildman–Crippen LogP) is 3.40. The summed E-state index contributed by atoms with van der Waals surface area (Å²) < 4.78 is 13.6. The number of nitrogens with zero attached hydrogens (tertiary/aromatic N) is 1. The maximum absolute atomic E-state index is 13.6. The third-order valence-corrected chi connectivity index (χ3v) is 3.93. The molecule has 3 nitrogen and oxygen atoms in total. The van der Waals surface area contributed by atoms with Crippen molar-refractivity contribution in [3.63, 3.8) is 0 Å². The number of likely N-dealkylation sites (N-methyl/N-ethyl adjacent to an activating group) is 1. The van der Waals surface area contributed by atoms with Crippen molar-refractivity contribution in [1.29, 1.82) is 0 Å². The molecule has 2 rings (SSSR count). The maximum Gasteiger partial charge on any atom is 0.234 e. The van der Waals surface area contributed by atoms with Crippen LogP contribution in [0.25, 0.3) is 0 Å². The van der Waals surface area contributed by atoms with E-state index < -0.39 is 0 Å². The highest BCUT2D eigenvalue weighted by atomic mass is 19.1. The van der Waals surface area contributed by atoms with Gasteiger partial charge in [-0.25, -0.2) is 4.39 Å². The van der Waals surface area contributed by atoms with Crippen molar-refractivity contribution in [2.75, 3.05) is 13.6 Å². The van der Waals surface area contributed by atoms with Crippen LogP contribution in [0.3, 0.4) is 0 Å². The van der Waals surface area contributed by atoms with Gasteiger partial charge in [0.1, 0.15) is 5.82 Å². The van der Waals surface area contributed by atoms with Gasteiger partial charge < -0.3 is 5.32 Å². The van der Waals surface area contributed by atoms with E-state index in [1.165, 1.54) is 11.6 Å². The number of amides is 1. The maximum atomic E-state index is 13.6. The van der Waals surface area contributed by atoms with Crippen molar-refractivity contribution >= 4 is 5.91 Å². The van der Waals surface area contributed by atoms with Crippen LogP contribution in [0.5, 0.6) is 0 Å². The Morgan fingerprint density at radius 3 is 2.50 bits per heavy atom. The lowest BCUT2D eigenvalue weighted by Crippen LogP contribution is -2.39. The average molecular weight is 328 g/mol. The van der Waals surface area contributed by atoms with Crippen molar-refractivity contribution in [3.05, 3.63) is 71.5 Å². The minimum atomic E-state index is -0.235. The Hall–Kier alpha value is -2.20. The summed E-state index contributed by atoms with van der Waals surface area (Å²) in [7, 11) is 1.82. The molecule has 0 aliphatic heterocycles. The van der Waals surface area contributed by atoms with Crippen molar-refractivity contribution in [1.82, 2.24) is 10.2 Å². The fourth-order valence-electron chi connectivity index (χ4n) is 2.64. The van der Waals surface area contributed by atoms with Gasteiger partial charge in [-0.1, -0.05) is 48.5 Å². The number of carbonyl (C=O) groups excluding carboxylic acids is 1. The standard InChI is InChI=1S/C20H25FN2O/c1-16(12-13-17-8-4-3-5-9-17)22-20(24)15-23(2)14-18-10-6-7-11-19(18)21/h3-11,16H,12-15H2,1-2H3,(H,22,24). The third kappa shape index (κ3) is 6.13. The van der Waals surface area contributed by atoms with Crippen LogP contribution in [0.2, 0.25) is 0 Å². The number of hydrogen-bond donors (Lipinski definition) is 1. The summed E-state index contributed by atoms with van der Waals surface area (Å²) in [5.41, 5.74) is 1.88. The van der Waals surface area contributed by atoms with Gasteiger partial charge in [0.15, 0.2) is 0 Å². The normalized spacial score (nSPS) is 12.2. The van der Waals surface area contributed by atoms with Crippen molar-refractivity contribution in [2.45, 2.75) is 32.4 Å². The fraction of sp³-hybridized carbons (Fsp3) is 0.350. The van der Waals surface area contributed by atoms with E-state index in [4.69, 9.17) is 0 Å². The van der Waals surface area contributed by atoms with Gasteiger partial charge in [-0.15, -0.1) is 0 Å². The van der Waals surface area contributed by atoms with Gasteiger partial charge in [-0.2, -0.15) is 0 Å². The second-order valence-electron chi connectivity index (χ2n) is 6.26. The molecule has 2 aromatic carbocycles. The van der Waals surface area contributed by atoms with Gasteiger partial charge in [0.2, 0.25) is 5.91 Å². The zero-order valence-electron chi connectivity index (χ0n) is 14.3. The van der Waals surface area contributed by atoms with Gasteiger partial charge >= 0.3 is 0 Å². The Bertz CT molecular complexity index is 645. The third-order valence-electron chi connectivity index (χ3n) is 3.93. The van der Waals surface area contributed by atoms with Crippen LogP contribution in [0.4, 0.5) is 4.39 Å². The molecule has 0 aliphatic carbocycles. The first-order valence-electron chi connectivity index (χ1n) is 8.30. The number of carbonyl (C=O) groups is 1. The summed E-state index contributed by atoms with van der Waals surface area (Å²) in [6, 6.07) is 17.0. The lowest BCUT2D eigenvalue weighted by atomic mass is 10.1. The molecule has 1 amide bonds.